The second-order valence-corrected chi connectivity index (χ2v) is 8.04. The lowest BCUT2D eigenvalue weighted by Gasteiger charge is -2.36. The second-order valence-electron chi connectivity index (χ2n) is 8.04. The van der Waals surface area contributed by atoms with E-state index in [0.29, 0.717) is 46.5 Å². The number of nitrogens with one attached hydrogen (secondary N) is 1. The maximum absolute atomic E-state index is 10.1. The molecule has 2 aromatic heterocycles. The number of anilines is 1. The summed E-state index contributed by atoms with van der Waals surface area (Å²) in [5.74, 6) is 7.88. The van der Waals surface area contributed by atoms with Crippen LogP contribution in [0.4, 0.5) is 5.82 Å². The number of benzene rings is 1. The standard InChI is InChI=1S/C23H25N5O2/c24-22-16(6-5-15-11-18(12-15)30-17-7-9-25-10-8-17)13-28-14-20(26-23(28)27-22)19-3-1-2-4-21(19)29/h1-4,13-15,17-18,25,29H,7-12H2,(H2,24,26,27). The lowest BCUT2D eigenvalue weighted by molar-refractivity contribution is -0.0743. The SMILES string of the molecule is Nc1nc2nc(-c3ccccc3O)cn2cc1C#CC1CC(OC2CCNCC2)C1. The number of hydrogen-bond donors (Lipinski definition) is 3. The molecule has 7 nitrogen and oxygen atoms in total. The van der Waals surface area contributed by atoms with Gasteiger partial charge in [-0.2, -0.15) is 4.98 Å². The number of piperidine rings is 1. The molecule has 1 aliphatic heterocycles. The summed E-state index contributed by atoms with van der Waals surface area (Å²) in [6.45, 7) is 2.10. The maximum atomic E-state index is 10.1. The van der Waals surface area contributed by atoms with Crippen molar-refractivity contribution >= 4 is 11.6 Å². The molecular weight excluding hydrogens is 378 g/mol. The van der Waals surface area contributed by atoms with Crippen LogP contribution in [0.25, 0.3) is 17.0 Å². The third-order valence-corrected chi connectivity index (χ3v) is 5.83. The van der Waals surface area contributed by atoms with Crippen molar-refractivity contribution in [3.8, 4) is 28.8 Å². The van der Waals surface area contributed by atoms with Crippen LogP contribution in [0.15, 0.2) is 36.7 Å². The van der Waals surface area contributed by atoms with Crippen molar-refractivity contribution in [3.05, 3.63) is 42.2 Å². The van der Waals surface area contributed by atoms with E-state index in [9.17, 15) is 5.11 Å². The first kappa shape index (κ1) is 18.9. The van der Waals surface area contributed by atoms with Crippen LogP contribution in [0.1, 0.15) is 31.2 Å². The van der Waals surface area contributed by atoms with E-state index >= 15 is 0 Å². The molecule has 4 N–H and O–H groups in total. The molecule has 2 aliphatic rings. The molecule has 3 aromatic rings. The van der Waals surface area contributed by atoms with Crippen molar-refractivity contribution in [2.45, 2.75) is 37.9 Å². The Morgan fingerprint density at radius 3 is 2.70 bits per heavy atom. The van der Waals surface area contributed by atoms with Gasteiger partial charge in [-0.15, -0.1) is 0 Å². The largest absolute Gasteiger partial charge is 0.507 e. The van der Waals surface area contributed by atoms with E-state index in [2.05, 4.69) is 27.1 Å². The summed E-state index contributed by atoms with van der Waals surface area (Å²) < 4.78 is 7.97. The first-order valence-corrected chi connectivity index (χ1v) is 10.5. The number of nitrogens with zero attached hydrogens (tertiary/aromatic N) is 3. The Bertz CT molecular complexity index is 1120. The fraction of sp³-hybridized carbons (Fsp3) is 0.391. The van der Waals surface area contributed by atoms with Gasteiger partial charge in [0.1, 0.15) is 11.6 Å². The van der Waals surface area contributed by atoms with Gasteiger partial charge in [-0.3, -0.25) is 4.40 Å². The van der Waals surface area contributed by atoms with Gasteiger partial charge in [0.25, 0.3) is 0 Å². The average Bonchev–Trinajstić information content (AvgIpc) is 3.13. The highest BCUT2D eigenvalue weighted by Crippen LogP contribution is 2.32. The molecule has 0 radical (unpaired) electrons. The highest BCUT2D eigenvalue weighted by Gasteiger charge is 2.31. The van der Waals surface area contributed by atoms with E-state index in [1.807, 2.05) is 24.5 Å². The third-order valence-electron chi connectivity index (χ3n) is 5.83. The van der Waals surface area contributed by atoms with Crippen molar-refractivity contribution in [2.24, 2.45) is 5.92 Å². The minimum atomic E-state index is 0.181. The molecule has 0 spiro atoms. The summed E-state index contributed by atoms with van der Waals surface area (Å²) in [6.07, 6.45) is 8.57. The van der Waals surface area contributed by atoms with Crippen molar-refractivity contribution in [1.82, 2.24) is 19.7 Å². The van der Waals surface area contributed by atoms with Crippen LogP contribution in [0.2, 0.25) is 0 Å². The molecule has 1 aromatic carbocycles. The Hall–Kier alpha value is -3.08. The van der Waals surface area contributed by atoms with E-state index in [-0.39, 0.29) is 5.75 Å². The third kappa shape index (κ3) is 3.84. The number of aromatic nitrogens is 3. The minimum Gasteiger partial charge on any atom is -0.507 e. The Kier molecular flexibility index (Phi) is 5.03. The zero-order valence-electron chi connectivity index (χ0n) is 16.7. The topological polar surface area (TPSA) is 97.7 Å². The van der Waals surface area contributed by atoms with Crippen LogP contribution in [0.3, 0.4) is 0 Å². The van der Waals surface area contributed by atoms with Gasteiger partial charge in [-0.1, -0.05) is 24.0 Å². The molecule has 0 bridgehead atoms. The number of aromatic hydroxyl groups is 1. The molecular formula is C23H25N5O2. The van der Waals surface area contributed by atoms with Crippen molar-refractivity contribution in [3.63, 3.8) is 0 Å². The highest BCUT2D eigenvalue weighted by molar-refractivity contribution is 5.68. The van der Waals surface area contributed by atoms with Crippen molar-refractivity contribution in [1.29, 1.82) is 0 Å². The molecule has 0 unspecified atom stereocenters. The smallest absolute Gasteiger partial charge is 0.236 e. The number of imidazole rings is 1. The number of fused-ring (bicyclic) bond motifs is 1. The van der Waals surface area contributed by atoms with Crippen LogP contribution in [-0.4, -0.2) is 44.8 Å². The van der Waals surface area contributed by atoms with Crippen LogP contribution in [-0.2, 0) is 4.74 Å². The van der Waals surface area contributed by atoms with E-state index in [1.165, 1.54) is 0 Å². The van der Waals surface area contributed by atoms with Gasteiger partial charge >= 0.3 is 0 Å². The lowest BCUT2D eigenvalue weighted by atomic mass is 9.82. The zero-order valence-corrected chi connectivity index (χ0v) is 16.7. The number of rotatable bonds is 3. The monoisotopic (exact) mass is 403 g/mol. The molecule has 0 atom stereocenters. The number of para-hydroxylation sites is 1. The van der Waals surface area contributed by atoms with Crippen LogP contribution in [0, 0.1) is 17.8 Å². The summed E-state index contributed by atoms with van der Waals surface area (Å²) in [5.41, 5.74) is 8.10. The van der Waals surface area contributed by atoms with E-state index in [0.717, 1.165) is 38.8 Å². The van der Waals surface area contributed by atoms with Gasteiger partial charge in [0, 0.05) is 23.9 Å². The van der Waals surface area contributed by atoms with Gasteiger partial charge in [0.2, 0.25) is 5.78 Å². The Morgan fingerprint density at radius 1 is 1.10 bits per heavy atom. The van der Waals surface area contributed by atoms with Gasteiger partial charge < -0.3 is 20.9 Å². The molecule has 5 rings (SSSR count). The molecule has 7 heteroatoms. The zero-order chi connectivity index (χ0) is 20.5. The molecule has 154 valence electrons. The summed E-state index contributed by atoms with van der Waals surface area (Å²) in [4.78, 5) is 8.86. The minimum absolute atomic E-state index is 0.181. The Labute approximate surface area is 175 Å². The molecule has 1 saturated carbocycles. The predicted molar refractivity (Wildman–Crippen MR) is 115 cm³/mol. The summed E-state index contributed by atoms with van der Waals surface area (Å²) in [6, 6.07) is 7.10. The quantitative estimate of drug-likeness (QED) is 0.582. The van der Waals surface area contributed by atoms with E-state index < -0.39 is 0 Å². The fourth-order valence-electron chi connectivity index (χ4n) is 4.03. The summed E-state index contributed by atoms with van der Waals surface area (Å²) >= 11 is 0. The number of phenols is 1. The van der Waals surface area contributed by atoms with Gasteiger partial charge in [-0.05, 0) is 50.9 Å². The summed E-state index contributed by atoms with van der Waals surface area (Å²) in [7, 11) is 0. The average molecular weight is 403 g/mol. The first-order chi connectivity index (χ1) is 14.7. The predicted octanol–water partition coefficient (Wildman–Crippen LogP) is 2.58. The Morgan fingerprint density at radius 2 is 1.90 bits per heavy atom. The normalized spacial score (nSPS) is 21.7. The number of phenolic OH excluding ortho intramolecular Hbond substituents is 1. The Balaban J connectivity index is 1.28. The molecule has 3 heterocycles. The number of ether oxygens (including phenoxy) is 1. The van der Waals surface area contributed by atoms with Crippen molar-refractivity contribution in [2.75, 3.05) is 18.8 Å². The molecule has 1 aliphatic carbocycles. The maximum Gasteiger partial charge on any atom is 0.236 e. The number of hydrogen-bond acceptors (Lipinski definition) is 6. The fourth-order valence-corrected chi connectivity index (χ4v) is 4.03. The molecule has 0 amide bonds. The lowest BCUT2D eigenvalue weighted by Crippen LogP contribution is -2.39. The van der Waals surface area contributed by atoms with Crippen LogP contribution < -0.4 is 11.1 Å². The van der Waals surface area contributed by atoms with E-state index in [4.69, 9.17) is 10.5 Å². The van der Waals surface area contributed by atoms with Crippen molar-refractivity contribution < 1.29 is 9.84 Å². The highest BCUT2D eigenvalue weighted by atomic mass is 16.5. The number of nitrogens with two attached hydrogens (primary N) is 1. The van der Waals surface area contributed by atoms with E-state index in [1.54, 1.807) is 16.5 Å². The van der Waals surface area contributed by atoms with Gasteiger partial charge in [0.05, 0.1) is 23.5 Å². The van der Waals surface area contributed by atoms with Gasteiger partial charge in [0.15, 0.2) is 0 Å². The molecule has 30 heavy (non-hydrogen) atoms. The molecule has 1 saturated heterocycles. The van der Waals surface area contributed by atoms with Crippen LogP contribution >= 0.6 is 0 Å². The van der Waals surface area contributed by atoms with Gasteiger partial charge in [-0.25, -0.2) is 4.98 Å². The summed E-state index contributed by atoms with van der Waals surface area (Å²) in [5, 5.41) is 13.4. The number of nitrogen functional groups attached to an aromatic ring is 1. The molecule has 2 fully saturated rings. The first-order valence-electron chi connectivity index (χ1n) is 10.5. The second kappa shape index (κ2) is 7.98. The van der Waals surface area contributed by atoms with Crippen LogP contribution in [0.5, 0.6) is 5.75 Å².